The van der Waals surface area contributed by atoms with E-state index in [4.69, 9.17) is 9.47 Å². The summed E-state index contributed by atoms with van der Waals surface area (Å²) in [5.41, 5.74) is 2.20. The maximum Gasteiger partial charge on any atom is 0.242 e. The topological polar surface area (TPSA) is 69.6 Å². The number of ether oxygens (including phenoxy) is 2. The Morgan fingerprint density at radius 1 is 1.06 bits per heavy atom. The highest BCUT2D eigenvalue weighted by molar-refractivity contribution is 14.0. The number of hydrogen-bond acceptors (Lipinski definition) is 5. The van der Waals surface area contributed by atoms with Crippen LogP contribution >= 0.6 is 24.0 Å². The molecular formula is C24H34IN5O3. The second-order valence-electron chi connectivity index (χ2n) is 7.64. The molecule has 1 amide bonds. The van der Waals surface area contributed by atoms with Crippen LogP contribution in [0.3, 0.4) is 0 Å². The zero-order valence-corrected chi connectivity index (χ0v) is 22.1. The summed E-state index contributed by atoms with van der Waals surface area (Å²) in [5.74, 6) is 2.22. The Balaban J connectivity index is 0.00000385. The van der Waals surface area contributed by atoms with E-state index in [1.807, 2.05) is 53.2 Å². The number of para-hydroxylation sites is 1. The molecule has 9 heteroatoms. The number of guanidine groups is 1. The molecule has 8 nitrogen and oxygen atoms in total. The summed E-state index contributed by atoms with van der Waals surface area (Å²) in [6.07, 6.45) is 0. The first-order valence-corrected chi connectivity index (χ1v) is 10.8. The lowest BCUT2D eigenvalue weighted by molar-refractivity contribution is -0.130. The number of anilines is 1. The van der Waals surface area contributed by atoms with Crippen molar-refractivity contribution in [3.63, 3.8) is 0 Å². The van der Waals surface area contributed by atoms with Gasteiger partial charge in [0.25, 0.3) is 0 Å². The molecule has 0 saturated carbocycles. The van der Waals surface area contributed by atoms with E-state index in [0.29, 0.717) is 25.6 Å². The van der Waals surface area contributed by atoms with Gasteiger partial charge in [0.2, 0.25) is 5.91 Å². The SMILES string of the molecule is CN=C(NCC(=O)N1CCN(c2ccccc2)CC1)N(C)Cc1ccc(OC)cc1OC.I. The molecule has 0 atom stereocenters. The number of piperazine rings is 1. The fourth-order valence-electron chi connectivity index (χ4n) is 3.82. The molecule has 0 aliphatic carbocycles. The number of halogens is 1. The molecule has 1 aliphatic rings. The molecule has 2 aromatic rings. The van der Waals surface area contributed by atoms with Gasteiger partial charge in [0.15, 0.2) is 5.96 Å². The van der Waals surface area contributed by atoms with Gasteiger partial charge < -0.3 is 29.5 Å². The van der Waals surface area contributed by atoms with E-state index in [9.17, 15) is 4.79 Å². The summed E-state index contributed by atoms with van der Waals surface area (Å²) in [6, 6.07) is 16.1. The Morgan fingerprint density at radius 2 is 1.76 bits per heavy atom. The predicted molar refractivity (Wildman–Crippen MR) is 143 cm³/mol. The van der Waals surface area contributed by atoms with Crippen LogP contribution < -0.4 is 19.7 Å². The van der Waals surface area contributed by atoms with Crippen LogP contribution in [0.15, 0.2) is 53.5 Å². The molecule has 0 spiro atoms. The molecule has 0 radical (unpaired) electrons. The van der Waals surface area contributed by atoms with Crippen molar-refractivity contribution in [2.24, 2.45) is 4.99 Å². The molecule has 0 unspecified atom stereocenters. The van der Waals surface area contributed by atoms with Crippen molar-refractivity contribution < 1.29 is 14.3 Å². The maximum atomic E-state index is 12.8. The van der Waals surface area contributed by atoms with Crippen molar-refractivity contribution in [1.82, 2.24) is 15.1 Å². The number of carbonyl (C=O) groups excluding carboxylic acids is 1. The van der Waals surface area contributed by atoms with E-state index in [2.05, 4.69) is 27.3 Å². The van der Waals surface area contributed by atoms with Gasteiger partial charge in [0.05, 0.1) is 20.8 Å². The molecule has 0 bridgehead atoms. The van der Waals surface area contributed by atoms with Crippen molar-refractivity contribution >= 4 is 41.5 Å². The first-order valence-electron chi connectivity index (χ1n) is 10.8. The van der Waals surface area contributed by atoms with Crippen molar-refractivity contribution in [2.45, 2.75) is 6.54 Å². The molecule has 0 aromatic heterocycles. The molecule has 1 saturated heterocycles. The fraction of sp³-hybridized carbons (Fsp3) is 0.417. The first-order chi connectivity index (χ1) is 15.5. The lowest BCUT2D eigenvalue weighted by Gasteiger charge is -2.36. The Hall–Kier alpha value is -2.69. The van der Waals surface area contributed by atoms with Gasteiger partial charge in [-0.1, -0.05) is 18.2 Å². The van der Waals surface area contributed by atoms with E-state index < -0.39 is 0 Å². The number of amides is 1. The van der Waals surface area contributed by atoms with E-state index in [0.717, 1.165) is 30.2 Å². The second kappa shape index (κ2) is 13.1. The summed E-state index contributed by atoms with van der Waals surface area (Å²) in [7, 11) is 6.92. The summed E-state index contributed by atoms with van der Waals surface area (Å²) >= 11 is 0. The van der Waals surface area contributed by atoms with Gasteiger partial charge in [-0.2, -0.15) is 0 Å². The van der Waals surface area contributed by atoms with Crippen LogP contribution in [0.4, 0.5) is 5.69 Å². The highest BCUT2D eigenvalue weighted by Gasteiger charge is 2.21. The number of rotatable bonds is 7. The smallest absolute Gasteiger partial charge is 0.242 e. The Kier molecular flexibility index (Phi) is 10.6. The zero-order valence-electron chi connectivity index (χ0n) is 19.8. The normalized spacial score (nSPS) is 13.8. The van der Waals surface area contributed by atoms with Crippen molar-refractivity contribution in [2.75, 3.05) is 65.9 Å². The highest BCUT2D eigenvalue weighted by Crippen LogP contribution is 2.25. The number of nitrogens with one attached hydrogen (secondary N) is 1. The first kappa shape index (κ1) is 26.6. The van der Waals surface area contributed by atoms with Gasteiger partial charge in [-0.25, -0.2) is 0 Å². The molecule has 1 N–H and O–H groups in total. The molecule has 1 aliphatic heterocycles. The number of methoxy groups -OCH3 is 2. The predicted octanol–water partition coefficient (Wildman–Crippen LogP) is 2.68. The van der Waals surface area contributed by atoms with Gasteiger partial charge in [-0.3, -0.25) is 9.79 Å². The van der Waals surface area contributed by atoms with Crippen LogP contribution in [0.2, 0.25) is 0 Å². The Labute approximate surface area is 213 Å². The summed E-state index contributed by atoms with van der Waals surface area (Å²) in [5, 5.41) is 3.20. The van der Waals surface area contributed by atoms with Crippen molar-refractivity contribution in [3.05, 3.63) is 54.1 Å². The number of hydrogen-bond donors (Lipinski definition) is 1. The van der Waals surface area contributed by atoms with Gasteiger partial charge in [-0.05, 0) is 24.3 Å². The molecule has 2 aromatic carbocycles. The summed E-state index contributed by atoms with van der Waals surface area (Å²) in [6.45, 7) is 3.89. The minimum absolute atomic E-state index is 0. The molecule has 180 valence electrons. The molecule has 1 heterocycles. The zero-order chi connectivity index (χ0) is 22.9. The quantitative estimate of drug-likeness (QED) is 0.316. The van der Waals surface area contributed by atoms with Crippen molar-refractivity contribution in [1.29, 1.82) is 0 Å². The third-order valence-electron chi connectivity index (χ3n) is 5.63. The molecule has 33 heavy (non-hydrogen) atoms. The van der Waals surface area contributed by atoms with Gasteiger partial charge in [-0.15, -0.1) is 24.0 Å². The van der Waals surface area contributed by atoms with E-state index >= 15 is 0 Å². The minimum Gasteiger partial charge on any atom is -0.497 e. The third kappa shape index (κ3) is 7.15. The number of carbonyl (C=O) groups is 1. The Morgan fingerprint density at radius 3 is 2.36 bits per heavy atom. The summed E-state index contributed by atoms with van der Waals surface area (Å²) < 4.78 is 10.8. The van der Waals surface area contributed by atoms with E-state index in [-0.39, 0.29) is 36.4 Å². The number of nitrogens with zero attached hydrogens (tertiary/aromatic N) is 4. The molecule has 1 fully saturated rings. The summed E-state index contributed by atoms with van der Waals surface area (Å²) in [4.78, 5) is 23.3. The Bertz CT molecular complexity index is 918. The number of benzene rings is 2. The van der Waals surface area contributed by atoms with Gasteiger partial charge in [0.1, 0.15) is 11.5 Å². The minimum atomic E-state index is 0. The fourth-order valence-corrected chi connectivity index (χ4v) is 3.82. The van der Waals surface area contributed by atoms with Crippen molar-refractivity contribution in [3.8, 4) is 11.5 Å². The maximum absolute atomic E-state index is 12.8. The highest BCUT2D eigenvalue weighted by atomic mass is 127. The standard InChI is InChI=1S/C24H33N5O3.HI/c1-25-24(27(2)18-19-10-11-21(31-3)16-22(19)32-4)26-17-23(30)29-14-12-28(13-15-29)20-8-6-5-7-9-20;/h5-11,16H,12-15,17-18H2,1-4H3,(H,25,26);1H. The monoisotopic (exact) mass is 567 g/mol. The van der Waals surface area contributed by atoms with Crippen LogP contribution in [0, 0.1) is 0 Å². The molecule has 3 rings (SSSR count). The third-order valence-corrected chi connectivity index (χ3v) is 5.63. The van der Waals surface area contributed by atoms with Crippen LogP contribution in [-0.2, 0) is 11.3 Å². The van der Waals surface area contributed by atoms with Gasteiger partial charge >= 0.3 is 0 Å². The van der Waals surface area contributed by atoms with Crippen LogP contribution in [0.1, 0.15) is 5.56 Å². The van der Waals surface area contributed by atoms with E-state index in [1.165, 1.54) is 5.69 Å². The second-order valence-corrected chi connectivity index (χ2v) is 7.64. The largest absolute Gasteiger partial charge is 0.497 e. The number of aliphatic imine (C=N–C) groups is 1. The van der Waals surface area contributed by atoms with Gasteiger partial charge in [0, 0.05) is 64.1 Å². The lowest BCUT2D eigenvalue weighted by atomic mass is 10.2. The van der Waals surface area contributed by atoms with Crippen LogP contribution in [0.25, 0.3) is 0 Å². The van der Waals surface area contributed by atoms with Crippen LogP contribution in [0.5, 0.6) is 11.5 Å². The average Bonchev–Trinajstić information content (AvgIpc) is 2.85. The molecular weight excluding hydrogens is 533 g/mol. The van der Waals surface area contributed by atoms with E-state index in [1.54, 1.807) is 21.3 Å². The lowest BCUT2D eigenvalue weighted by Crippen LogP contribution is -2.52. The average molecular weight is 567 g/mol. The van der Waals surface area contributed by atoms with Crippen LogP contribution in [-0.4, -0.2) is 82.7 Å².